The molecule has 0 bridgehead atoms. The number of carbonyl (C=O) groups is 1. The lowest BCUT2D eigenvalue weighted by Gasteiger charge is -2.21. The molecule has 0 aromatic heterocycles. The molecule has 3 rings (SSSR count). The van der Waals surface area contributed by atoms with Crippen LogP contribution in [0.3, 0.4) is 0 Å². The number of hydrogen-bond donors (Lipinski definition) is 2. The first-order chi connectivity index (χ1) is 14.1. The standard InChI is InChI=1S/C25H28N2O2/c1-3-27(4-2)22-17-13-20(14-18-22)10-9-19-11-15-21(16-12-19)26-24-8-6-5-7-23(24)25(28)29/h5-8,11-18,26H,3-4,9-10H2,1-2H3,(H,28,29). The number of carboxylic acid groups (broad SMARTS) is 1. The van der Waals surface area contributed by atoms with E-state index in [-0.39, 0.29) is 5.56 Å². The number of aromatic carboxylic acids is 1. The van der Waals surface area contributed by atoms with Crippen LogP contribution in [-0.4, -0.2) is 24.2 Å². The summed E-state index contributed by atoms with van der Waals surface area (Å²) in [5.41, 5.74) is 5.61. The smallest absolute Gasteiger partial charge is 0.337 e. The van der Waals surface area contributed by atoms with Crippen LogP contribution in [0, 0.1) is 0 Å². The lowest BCUT2D eigenvalue weighted by atomic mass is 10.0. The van der Waals surface area contributed by atoms with Gasteiger partial charge in [0, 0.05) is 24.5 Å². The number of nitrogens with one attached hydrogen (secondary N) is 1. The SMILES string of the molecule is CCN(CC)c1ccc(CCc2ccc(Nc3ccccc3C(=O)O)cc2)cc1. The minimum atomic E-state index is -0.934. The molecule has 0 aliphatic rings. The molecule has 0 heterocycles. The second kappa shape index (κ2) is 9.78. The number of rotatable bonds is 9. The molecule has 3 aromatic carbocycles. The van der Waals surface area contributed by atoms with Gasteiger partial charge in [0.1, 0.15) is 0 Å². The maximum absolute atomic E-state index is 11.3. The molecule has 0 saturated heterocycles. The van der Waals surface area contributed by atoms with Crippen molar-refractivity contribution in [3.05, 3.63) is 89.5 Å². The van der Waals surface area contributed by atoms with E-state index >= 15 is 0 Å². The van der Waals surface area contributed by atoms with Crippen molar-refractivity contribution >= 4 is 23.0 Å². The molecular formula is C25H28N2O2. The first-order valence-corrected chi connectivity index (χ1v) is 10.1. The van der Waals surface area contributed by atoms with E-state index < -0.39 is 5.97 Å². The Morgan fingerprint density at radius 3 is 1.93 bits per heavy atom. The van der Waals surface area contributed by atoms with E-state index in [4.69, 9.17) is 0 Å². The van der Waals surface area contributed by atoms with Crippen LogP contribution in [0.15, 0.2) is 72.8 Å². The Bertz CT molecular complexity index is 930. The van der Waals surface area contributed by atoms with Crippen LogP contribution in [-0.2, 0) is 12.8 Å². The van der Waals surface area contributed by atoms with Gasteiger partial charge >= 0.3 is 5.97 Å². The molecule has 4 nitrogen and oxygen atoms in total. The van der Waals surface area contributed by atoms with Crippen LogP contribution in [0.4, 0.5) is 17.1 Å². The fraction of sp³-hybridized carbons (Fsp3) is 0.240. The molecule has 0 fully saturated rings. The maximum Gasteiger partial charge on any atom is 0.337 e. The summed E-state index contributed by atoms with van der Waals surface area (Å²) in [5, 5.41) is 12.5. The highest BCUT2D eigenvalue weighted by Crippen LogP contribution is 2.22. The normalized spacial score (nSPS) is 10.6. The van der Waals surface area contributed by atoms with Gasteiger partial charge in [0.25, 0.3) is 0 Å². The number of anilines is 3. The molecular weight excluding hydrogens is 360 g/mol. The Kier molecular flexibility index (Phi) is 6.90. The van der Waals surface area contributed by atoms with Gasteiger partial charge < -0.3 is 15.3 Å². The summed E-state index contributed by atoms with van der Waals surface area (Å²) in [7, 11) is 0. The molecule has 0 spiro atoms. The Morgan fingerprint density at radius 1 is 0.828 bits per heavy atom. The predicted molar refractivity (Wildman–Crippen MR) is 121 cm³/mol. The fourth-order valence-electron chi connectivity index (χ4n) is 3.44. The number of para-hydroxylation sites is 1. The number of hydrogen-bond acceptors (Lipinski definition) is 3. The molecule has 3 aromatic rings. The lowest BCUT2D eigenvalue weighted by molar-refractivity contribution is 0.0698. The van der Waals surface area contributed by atoms with Gasteiger partial charge in [0.15, 0.2) is 0 Å². The molecule has 2 N–H and O–H groups in total. The van der Waals surface area contributed by atoms with Crippen LogP contribution in [0.5, 0.6) is 0 Å². The molecule has 4 heteroatoms. The summed E-state index contributed by atoms with van der Waals surface area (Å²) in [6.45, 7) is 6.40. The van der Waals surface area contributed by atoms with Crippen molar-refractivity contribution in [2.75, 3.05) is 23.3 Å². The highest BCUT2D eigenvalue weighted by molar-refractivity contribution is 5.95. The zero-order valence-corrected chi connectivity index (χ0v) is 17.1. The quantitative estimate of drug-likeness (QED) is 0.489. The molecule has 0 aliphatic carbocycles. The molecule has 150 valence electrons. The first kappa shape index (κ1) is 20.5. The third-order valence-corrected chi connectivity index (χ3v) is 5.16. The van der Waals surface area contributed by atoms with Crippen LogP contribution in [0.25, 0.3) is 0 Å². The van der Waals surface area contributed by atoms with Gasteiger partial charge in [-0.1, -0.05) is 36.4 Å². The summed E-state index contributed by atoms with van der Waals surface area (Å²) < 4.78 is 0. The Morgan fingerprint density at radius 2 is 1.38 bits per heavy atom. The summed E-state index contributed by atoms with van der Waals surface area (Å²) in [5.74, 6) is -0.934. The highest BCUT2D eigenvalue weighted by Gasteiger charge is 2.09. The largest absolute Gasteiger partial charge is 0.478 e. The predicted octanol–water partition coefficient (Wildman–Crippen LogP) is 5.76. The summed E-state index contributed by atoms with van der Waals surface area (Å²) >= 11 is 0. The minimum absolute atomic E-state index is 0.268. The van der Waals surface area contributed by atoms with Crippen molar-refractivity contribution in [2.45, 2.75) is 26.7 Å². The number of aryl methyl sites for hydroxylation is 2. The second-order valence-corrected chi connectivity index (χ2v) is 7.01. The van der Waals surface area contributed by atoms with Gasteiger partial charge in [-0.3, -0.25) is 0 Å². The van der Waals surface area contributed by atoms with Gasteiger partial charge in [0.05, 0.1) is 11.3 Å². The molecule has 0 amide bonds. The average molecular weight is 389 g/mol. The van der Waals surface area contributed by atoms with Crippen LogP contribution < -0.4 is 10.2 Å². The van der Waals surface area contributed by atoms with Gasteiger partial charge in [-0.05, 0) is 74.2 Å². The Balaban J connectivity index is 1.59. The van der Waals surface area contributed by atoms with E-state index in [0.29, 0.717) is 5.69 Å². The monoisotopic (exact) mass is 388 g/mol. The third-order valence-electron chi connectivity index (χ3n) is 5.16. The lowest BCUT2D eigenvalue weighted by Crippen LogP contribution is -2.21. The molecule has 0 saturated carbocycles. The zero-order chi connectivity index (χ0) is 20.6. The highest BCUT2D eigenvalue weighted by atomic mass is 16.4. The van der Waals surface area contributed by atoms with E-state index in [2.05, 4.69) is 60.5 Å². The van der Waals surface area contributed by atoms with Crippen molar-refractivity contribution < 1.29 is 9.90 Å². The van der Waals surface area contributed by atoms with Crippen molar-refractivity contribution in [1.29, 1.82) is 0 Å². The van der Waals surface area contributed by atoms with Crippen molar-refractivity contribution in [3.8, 4) is 0 Å². The first-order valence-electron chi connectivity index (χ1n) is 10.1. The Labute approximate surface area is 172 Å². The number of nitrogens with zero attached hydrogens (tertiary/aromatic N) is 1. The van der Waals surface area contributed by atoms with Gasteiger partial charge in [-0.25, -0.2) is 4.79 Å². The van der Waals surface area contributed by atoms with E-state index in [1.54, 1.807) is 18.2 Å². The van der Waals surface area contributed by atoms with Gasteiger partial charge in [-0.2, -0.15) is 0 Å². The van der Waals surface area contributed by atoms with Crippen molar-refractivity contribution in [2.24, 2.45) is 0 Å². The second-order valence-electron chi connectivity index (χ2n) is 7.01. The molecule has 0 aliphatic heterocycles. The fourth-order valence-corrected chi connectivity index (χ4v) is 3.44. The maximum atomic E-state index is 11.3. The topological polar surface area (TPSA) is 52.6 Å². The number of benzene rings is 3. The molecule has 0 atom stereocenters. The summed E-state index contributed by atoms with van der Waals surface area (Å²) in [6, 6.07) is 24.0. The van der Waals surface area contributed by atoms with E-state index in [1.807, 2.05) is 18.2 Å². The van der Waals surface area contributed by atoms with Crippen LogP contribution in [0.2, 0.25) is 0 Å². The average Bonchev–Trinajstić information content (AvgIpc) is 2.75. The molecule has 29 heavy (non-hydrogen) atoms. The van der Waals surface area contributed by atoms with Crippen LogP contribution >= 0.6 is 0 Å². The zero-order valence-electron chi connectivity index (χ0n) is 17.1. The van der Waals surface area contributed by atoms with Gasteiger partial charge in [-0.15, -0.1) is 0 Å². The van der Waals surface area contributed by atoms with Crippen LogP contribution in [0.1, 0.15) is 35.3 Å². The summed E-state index contributed by atoms with van der Waals surface area (Å²) in [6.07, 6.45) is 1.96. The van der Waals surface area contributed by atoms with Crippen molar-refractivity contribution in [1.82, 2.24) is 0 Å². The van der Waals surface area contributed by atoms with E-state index in [0.717, 1.165) is 31.6 Å². The third kappa shape index (κ3) is 5.38. The van der Waals surface area contributed by atoms with E-state index in [9.17, 15) is 9.90 Å². The van der Waals surface area contributed by atoms with Gasteiger partial charge in [0.2, 0.25) is 0 Å². The number of carboxylic acids is 1. The summed E-state index contributed by atoms with van der Waals surface area (Å²) in [4.78, 5) is 13.7. The van der Waals surface area contributed by atoms with E-state index in [1.165, 1.54) is 16.8 Å². The van der Waals surface area contributed by atoms with Crippen molar-refractivity contribution in [3.63, 3.8) is 0 Å². The molecule has 0 unspecified atom stereocenters. The minimum Gasteiger partial charge on any atom is -0.478 e. The molecule has 0 radical (unpaired) electrons. The Hall–Kier alpha value is -3.27.